The highest BCUT2D eigenvalue weighted by Gasteiger charge is 2.17. The fourth-order valence-electron chi connectivity index (χ4n) is 3.72. The lowest BCUT2D eigenvalue weighted by molar-refractivity contribution is 0.588. The van der Waals surface area contributed by atoms with Gasteiger partial charge in [-0.2, -0.15) is 4.98 Å². The summed E-state index contributed by atoms with van der Waals surface area (Å²) < 4.78 is 12.7. The molecule has 1 aliphatic heterocycles. The van der Waals surface area contributed by atoms with Gasteiger partial charge in [0.15, 0.2) is 0 Å². The Bertz CT molecular complexity index is 1140. The summed E-state index contributed by atoms with van der Waals surface area (Å²) >= 11 is 0. The molecular formula is C23H28N5OP. The number of hydrogen-bond donors (Lipinski definition) is 3. The van der Waals surface area contributed by atoms with Gasteiger partial charge in [-0.3, -0.25) is 0 Å². The number of para-hydroxylation sites is 1. The Hall–Kier alpha value is -2.69. The van der Waals surface area contributed by atoms with Crippen molar-refractivity contribution in [2.75, 3.05) is 30.5 Å². The number of hydrogen-bond acceptors (Lipinski definition) is 6. The van der Waals surface area contributed by atoms with Crippen LogP contribution in [0.4, 0.5) is 23.1 Å². The second kappa shape index (κ2) is 8.21. The maximum Gasteiger partial charge on any atom is 0.229 e. The van der Waals surface area contributed by atoms with E-state index < -0.39 is 7.14 Å². The molecule has 1 aliphatic rings. The number of nitrogens with zero attached hydrogens (tertiary/aromatic N) is 2. The van der Waals surface area contributed by atoms with E-state index in [0.29, 0.717) is 11.8 Å². The van der Waals surface area contributed by atoms with E-state index in [-0.39, 0.29) is 0 Å². The molecule has 0 radical (unpaired) electrons. The van der Waals surface area contributed by atoms with Gasteiger partial charge in [0.05, 0.1) is 5.69 Å². The zero-order chi connectivity index (χ0) is 21.3. The first-order valence-corrected chi connectivity index (χ1v) is 12.8. The van der Waals surface area contributed by atoms with E-state index in [1.165, 1.54) is 16.7 Å². The zero-order valence-electron chi connectivity index (χ0n) is 17.9. The van der Waals surface area contributed by atoms with Crippen LogP contribution in [0.3, 0.4) is 0 Å². The van der Waals surface area contributed by atoms with Crippen molar-refractivity contribution in [3.63, 3.8) is 0 Å². The van der Waals surface area contributed by atoms with Crippen LogP contribution in [0.2, 0.25) is 0 Å². The number of rotatable bonds is 5. The van der Waals surface area contributed by atoms with Crippen molar-refractivity contribution in [1.29, 1.82) is 0 Å². The maximum absolute atomic E-state index is 12.7. The first-order valence-electron chi connectivity index (χ1n) is 10.2. The van der Waals surface area contributed by atoms with Gasteiger partial charge in [0.25, 0.3) is 0 Å². The van der Waals surface area contributed by atoms with Crippen LogP contribution in [0.5, 0.6) is 0 Å². The SMILES string of the molecule is Cc1cc2c(cc1Nc1ncc(C)c(Nc3ccccc3P(C)(C)=O)n1)CNCC2. The second-order valence-electron chi connectivity index (χ2n) is 8.21. The predicted octanol–water partition coefficient (Wildman–Crippen LogP) is 4.47. The summed E-state index contributed by atoms with van der Waals surface area (Å²) in [6, 6.07) is 12.1. The van der Waals surface area contributed by atoms with Gasteiger partial charge in [0.1, 0.15) is 13.0 Å². The molecule has 0 atom stereocenters. The summed E-state index contributed by atoms with van der Waals surface area (Å²) in [5.74, 6) is 1.23. The Morgan fingerprint density at radius 1 is 1.00 bits per heavy atom. The van der Waals surface area contributed by atoms with Gasteiger partial charge in [-0.05, 0) is 75.0 Å². The summed E-state index contributed by atoms with van der Waals surface area (Å²) in [5, 5.41) is 11.0. The van der Waals surface area contributed by atoms with Crippen LogP contribution >= 0.6 is 7.14 Å². The van der Waals surface area contributed by atoms with E-state index in [2.05, 4.69) is 40.0 Å². The lowest BCUT2D eigenvalue weighted by Crippen LogP contribution is -2.23. The van der Waals surface area contributed by atoms with Crippen molar-refractivity contribution in [2.24, 2.45) is 0 Å². The molecule has 0 unspecified atom stereocenters. The summed E-state index contributed by atoms with van der Waals surface area (Å²) in [4.78, 5) is 9.17. The third kappa shape index (κ3) is 4.40. The monoisotopic (exact) mass is 421 g/mol. The van der Waals surface area contributed by atoms with Gasteiger partial charge in [0.2, 0.25) is 5.95 Å². The molecule has 30 heavy (non-hydrogen) atoms. The average Bonchev–Trinajstić information content (AvgIpc) is 2.70. The van der Waals surface area contributed by atoms with Crippen molar-refractivity contribution in [3.05, 3.63) is 64.8 Å². The van der Waals surface area contributed by atoms with Crippen LogP contribution < -0.4 is 21.3 Å². The number of aryl methyl sites for hydroxylation is 2. The largest absolute Gasteiger partial charge is 0.339 e. The van der Waals surface area contributed by atoms with Crippen molar-refractivity contribution in [1.82, 2.24) is 15.3 Å². The number of aromatic nitrogens is 2. The zero-order valence-corrected chi connectivity index (χ0v) is 18.8. The van der Waals surface area contributed by atoms with Crippen LogP contribution in [0, 0.1) is 13.8 Å². The minimum atomic E-state index is -2.42. The first-order chi connectivity index (χ1) is 14.3. The van der Waals surface area contributed by atoms with Crippen LogP contribution in [0.15, 0.2) is 42.6 Å². The quantitative estimate of drug-likeness (QED) is 0.528. The third-order valence-electron chi connectivity index (χ3n) is 5.39. The highest BCUT2D eigenvalue weighted by molar-refractivity contribution is 7.70. The average molecular weight is 421 g/mol. The minimum Gasteiger partial charge on any atom is -0.339 e. The molecule has 0 saturated heterocycles. The van der Waals surface area contributed by atoms with E-state index in [9.17, 15) is 4.57 Å². The van der Waals surface area contributed by atoms with Crippen LogP contribution in [0.1, 0.15) is 22.3 Å². The van der Waals surface area contributed by atoms with Crippen molar-refractivity contribution in [3.8, 4) is 0 Å². The maximum atomic E-state index is 12.7. The van der Waals surface area contributed by atoms with Crippen molar-refractivity contribution >= 4 is 35.6 Å². The molecule has 0 saturated carbocycles. The Morgan fingerprint density at radius 3 is 2.60 bits per heavy atom. The smallest absolute Gasteiger partial charge is 0.229 e. The van der Waals surface area contributed by atoms with Crippen LogP contribution in [-0.2, 0) is 17.5 Å². The molecule has 2 aromatic carbocycles. The van der Waals surface area contributed by atoms with Gasteiger partial charge in [-0.25, -0.2) is 4.98 Å². The number of fused-ring (bicyclic) bond motifs is 1. The number of anilines is 4. The second-order valence-corrected chi connectivity index (χ2v) is 11.4. The minimum absolute atomic E-state index is 0.531. The molecular weight excluding hydrogens is 393 g/mol. The van der Waals surface area contributed by atoms with Gasteiger partial charge >= 0.3 is 0 Å². The summed E-state index contributed by atoms with van der Waals surface area (Å²) in [5.41, 5.74) is 6.65. The Morgan fingerprint density at radius 2 is 1.80 bits per heavy atom. The fourth-order valence-corrected chi connectivity index (χ4v) is 4.87. The molecule has 7 heteroatoms. The molecule has 4 rings (SSSR count). The lowest BCUT2D eigenvalue weighted by Gasteiger charge is -2.20. The Labute approximate surface area is 177 Å². The number of nitrogens with one attached hydrogen (secondary N) is 3. The van der Waals surface area contributed by atoms with Gasteiger partial charge in [-0.15, -0.1) is 0 Å². The molecule has 0 spiro atoms. The van der Waals surface area contributed by atoms with E-state index in [0.717, 1.165) is 41.8 Å². The number of benzene rings is 2. The highest BCUT2D eigenvalue weighted by atomic mass is 31.2. The van der Waals surface area contributed by atoms with Crippen molar-refractivity contribution < 1.29 is 4.57 Å². The lowest BCUT2D eigenvalue weighted by atomic mass is 9.97. The highest BCUT2D eigenvalue weighted by Crippen LogP contribution is 2.38. The predicted molar refractivity (Wildman–Crippen MR) is 125 cm³/mol. The Kier molecular flexibility index (Phi) is 5.63. The summed E-state index contributed by atoms with van der Waals surface area (Å²) in [6.45, 7) is 9.54. The van der Waals surface area contributed by atoms with E-state index >= 15 is 0 Å². The summed E-state index contributed by atoms with van der Waals surface area (Å²) in [7, 11) is -2.42. The van der Waals surface area contributed by atoms with Gasteiger partial charge in [0, 0.05) is 29.3 Å². The molecule has 0 aliphatic carbocycles. The van der Waals surface area contributed by atoms with E-state index in [1.54, 1.807) is 19.5 Å². The normalized spacial score (nSPS) is 13.6. The van der Waals surface area contributed by atoms with Gasteiger partial charge in [-0.1, -0.05) is 18.2 Å². The van der Waals surface area contributed by atoms with E-state index in [4.69, 9.17) is 4.98 Å². The molecule has 3 N–H and O–H groups in total. The van der Waals surface area contributed by atoms with Gasteiger partial charge < -0.3 is 20.5 Å². The molecule has 3 aromatic rings. The Balaban J connectivity index is 1.63. The molecule has 0 amide bonds. The first kappa shape index (κ1) is 20.6. The molecule has 156 valence electrons. The molecule has 2 heterocycles. The topological polar surface area (TPSA) is 78.9 Å². The van der Waals surface area contributed by atoms with E-state index in [1.807, 2.05) is 31.2 Å². The van der Waals surface area contributed by atoms with Crippen LogP contribution in [-0.4, -0.2) is 29.8 Å². The molecule has 0 fully saturated rings. The third-order valence-corrected chi connectivity index (χ3v) is 6.94. The van der Waals surface area contributed by atoms with Crippen LogP contribution in [0.25, 0.3) is 0 Å². The fraction of sp³-hybridized carbons (Fsp3) is 0.304. The van der Waals surface area contributed by atoms with Crippen molar-refractivity contribution in [2.45, 2.75) is 26.8 Å². The summed E-state index contributed by atoms with van der Waals surface area (Å²) in [6.07, 6.45) is 2.86. The molecule has 6 nitrogen and oxygen atoms in total. The molecule has 0 bridgehead atoms. The standard InChI is InChI=1S/C23H28N5OP/c1-15-11-17-9-10-24-14-18(17)12-20(15)27-23-25-13-16(2)22(28-23)26-19-7-5-6-8-21(19)30(3,4)29/h5-8,11-13,24H,9-10,14H2,1-4H3,(H2,25,26,27,28). The molecule has 1 aromatic heterocycles.